The average Bonchev–Trinajstić information content (AvgIpc) is 3.66. The molecule has 0 amide bonds. The number of anilines is 3. The largest absolute Gasteiger partial charge is 0.335 e. The summed E-state index contributed by atoms with van der Waals surface area (Å²) in [5.74, 6) is 0. The van der Waals surface area contributed by atoms with E-state index in [4.69, 9.17) is 0 Å². The van der Waals surface area contributed by atoms with Crippen LogP contribution in [0.5, 0.6) is 0 Å². The molecule has 2 atom stereocenters. The number of hydrogen-bond acceptors (Lipinski definition) is 2. The average molecular weight is 685 g/mol. The topological polar surface area (TPSA) is 6.48 Å². The molecule has 0 N–H and O–H groups in total. The summed E-state index contributed by atoms with van der Waals surface area (Å²) in [6.45, 7) is 4.48. The smallest absolute Gasteiger partial charge is 0.0653 e. The van der Waals surface area contributed by atoms with Crippen LogP contribution in [0.4, 0.5) is 17.1 Å². The van der Waals surface area contributed by atoms with E-state index in [9.17, 15) is 0 Å². The molecule has 0 heterocycles. The predicted molar refractivity (Wildman–Crippen MR) is 222 cm³/mol. The Morgan fingerprint density at radius 1 is 0.547 bits per heavy atom. The molecule has 1 spiro atoms. The molecular weight excluding hydrogens is 641 g/mol. The monoisotopic (exact) mass is 684 g/mol. The molecule has 2 unspecified atom stereocenters. The summed E-state index contributed by atoms with van der Waals surface area (Å²) < 4.78 is 0. The van der Waals surface area contributed by atoms with Gasteiger partial charge < -0.3 is 9.80 Å². The van der Waals surface area contributed by atoms with Gasteiger partial charge in [-0.3, -0.25) is 0 Å². The second-order valence-electron chi connectivity index (χ2n) is 15.3. The van der Waals surface area contributed by atoms with E-state index in [0.717, 1.165) is 25.7 Å². The van der Waals surface area contributed by atoms with Crippen LogP contribution in [0, 0.1) is 6.92 Å². The van der Waals surface area contributed by atoms with E-state index in [1.807, 2.05) is 0 Å². The van der Waals surface area contributed by atoms with Gasteiger partial charge in [0.05, 0.1) is 17.5 Å². The Morgan fingerprint density at radius 2 is 1.08 bits per heavy atom. The summed E-state index contributed by atoms with van der Waals surface area (Å²) in [5, 5.41) is 0. The molecule has 5 aromatic carbocycles. The number of hydrogen-bond donors (Lipinski definition) is 0. The molecule has 2 heteroatoms. The molecule has 0 saturated carbocycles. The van der Waals surface area contributed by atoms with Crippen molar-refractivity contribution in [2.45, 2.75) is 57.0 Å². The molecule has 5 aliphatic carbocycles. The lowest BCUT2D eigenvalue weighted by atomic mass is 9.65. The molecule has 0 aliphatic heterocycles. The van der Waals surface area contributed by atoms with Gasteiger partial charge in [-0.15, -0.1) is 0 Å². The van der Waals surface area contributed by atoms with Gasteiger partial charge in [-0.1, -0.05) is 133 Å². The maximum atomic E-state index is 2.61. The third-order valence-corrected chi connectivity index (χ3v) is 12.2. The van der Waals surface area contributed by atoms with Gasteiger partial charge in [0, 0.05) is 22.8 Å². The molecule has 0 fully saturated rings. The van der Waals surface area contributed by atoms with Gasteiger partial charge in [-0.25, -0.2) is 0 Å². The normalized spacial score (nSPS) is 20.4. The van der Waals surface area contributed by atoms with Crippen LogP contribution in [-0.2, 0) is 5.41 Å². The van der Waals surface area contributed by atoms with E-state index in [-0.39, 0.29) is 17.5 Å². The zero-order valence-electron chi connectivity index (χ0n) is 30.5. The van der Waals surface area contributed by atoms with Gasteiger partial charge in [0.2, 0.25) is 0 Å². The molecule has 2 nitrogen and oxygen atoms in total. The summed E-state index contributed by atoms with van der Waals surface area (Å²) in [6, 6.07) is 49.9. The van der Waals surface area contributed by atoms with Crippen LogP contribution in [0.25, 0.3) is 11.1 Å². The quantitative estimate of drug-likeness (QED) is 0.176. The van der Waals surface area contributed by atoms with Crippen LogP contribution in [0.2, 0.25) is 0 Å². The molecule has 0 radical (unpaired) electrons. The van der Waals surface area contributed by atoms with Crippen LogP contribution in [0.3, 0.4) is 0 Å². The van der Waals surface area contributed by atoms with Crippen molar-refractivity contribution in [3.05, 3.63) is 220 Å². The van der Waals surface area contributed by atoms with E-state index in [1.165, 1.54) is 78.4 Å². The van der Waals surface area contributed by atoms with E-state index < -0.39 is 0 Å². The Labute approximate surface area is 314 Å². The highest BCUT2D eigenvalue weighted by Crippen LogP contribution is 2.65. The summed E-state index contributed by atoms with van der Waals surface area (Å²) in [4.78, 5) is 5.17. The van der Waals surface area contributed by atoms with E-state index in [0.29, 0.717) is 0 Å². The minimum atomic E-state index is -0.339. The fourth-order valence-corrected chi connectivity index (χ4v) is 10.0. The highest BCUT2D eigenvalue weighted by molar-refractivity contribution is 5.90. The fraction of sp³-hybridized carbons (Fsp3) is 0.176. The first-order chi connectivity index (χ1) is 26.1. The Kier molecular flexibility index (Phi) is 7.61. The van der Waals surface area contributed by atoms with Crippen molar-refractivity contribution in [1.29, 1.82) is 0 Å². The maximum Gasteiger partial charge on any atom is 0.0653 e. The standard InChI is InChI=1S/C51H44N2/c1-35-15-13-21-39(31-35)52(37-17-5-3-6-18-37)41-27-29-45-46-30-28-42(53(38-19-7-4-8-20-38)40-22-14-16-36(2)32-40)34-50(46)51(49(45)33-41)47-25-11-9-23-43(47)44-24-10-12-26-48(44)51/h3-13,15,17-32,41-42H,14,16,33-34H2,1-2H3. The van der Waals surface area contributed by atoms with Crippen LogP contribution in [-0.4, -0.2) is 12.1 Å². The number of nitrogens with zero attached hydrogens (tertiary/aromatic N) is 2. The van der Waals surface area contributed by atoms with Gasteiger partial charge >= 0.3 is 0 Å². The molecule has 258 valence electrons. The SMILES string of the molecule is CC1=CC(N(c2ccccc2)C2C=CC3=C(C2)C2(C4=C3C=CC(N(c3ccccc3)c3cccc(C)c3)C4)c3ccccc3-c3ccccc32)=CCC1. The third-order valence-electron chi connectivity index (χ3n) is 12.2. The van der Waals surface area contributed by atoms with Crippen molar-refractivity contribution in [1.82, 2.24) is 0 Å². The summed E-state index contributed by atoms with van der Waals surface area (Å²) in [7, 11) is 0. The number of rotatable bonds is 6. The number of benzene rings is 5. The van der Waals surface area contributed by atoms with Crippen LogP contribution >= 0.6 is 0 Å². The number of aryl methyl sites for hydroxylation is 1. The molecule has 5 aromatic rings. The lowest BCUT2D eigenvalue weighted by Gasteiger charge is -2.42. The molecular formula is C51H44N2. The minimum Gasteiger partial charge on any atom is -0.335 e. The third kappa shape index (κ3) is 5.00. The predicted octanol–water partition coefficient (Wildman–Crippen LogP) is 12.5. The van der Waals surface area contributed by atoms with Gasteiger partial charge in [-0.2, -0.15) is 0 Å². The summed E-state index contributed by atoms with van der Waals surface area (Å²) in [5.41, 5.74) is 18.9. The first kappa shape index (κ1) is 31.8. The first-order valence-electron chi connectivity index (χ1n) is 19.3. The van der Waals surface area contributed by atoms with Gasteiger partial charge in [0.25, 0.3) is 0 Å². The van der Waals surface area contributed by atoms with Gasteiger partial charge in [0.15, 0.2) is 0 Å². The van der Waals surface area contributed by atoms with Gasteiger partial charge in [-0.05, 0) is 132 Å². The van der Waals surface area contributed by atoms with Crippen molar-refractivity contribution >= 4 is 17.1 Å². The first-order valence-corrected chi connectivity index (χ1v) is 19.3. The maximum absolute atomic E-state index is 2.61. The summed E-state index contributed by atoms with van der Waals surface area (Å²) >= 11 is 0. The fourth-order valence-electron chi connectivity index (χ4n) is 10.0. The van der Waals surface area contributed by atoms with Gasteiger partial charge in [0.1, 0.15) is 0 Å². The van der Waals surface area contributed by atoms with E-state index in [2.05, 4.69) is 194 Å². The molecule has 53 heavy (non-hydrogen) atoms. The zero-order chi connectivity index (χ0) is 35.5. The van der Waals surface area contributed by atoms with Crippen LogP contribution in [0.15, 0.2) is 203 Å². The Balaban J connectivity index is 1.14. The Bertz CT molecular complexity index is 2390. The second kappa shape index (κ2) is 12.7. The lowest BCUT2D eigenvalue weighted by molar-refractivity contribution is 0.603. The lowest BCUT2D eigenvalue weighted by Crippen LogP contribution is -2.39. The van der Waals surface area contributed by atoms with Crippen molar-refractivity contribution < 1.29 is 0 Å². The highest BCUT2D eigenvalue weighted by atomic mass is 15.2. The Morgan fingerprint density at radius 3 is 1.66 bits per heavy atom. The van der Waals surface area contributed by atoms with Crippen molar-refractivity contribution in [2.24, 2.45) is 0 Å². The van der Waals surface area contributed by atoms with Crippen molar-refractivity contribution in [2.75, 3.05) is 9.80 Å². The number of fused-ring (bicyclic) bond motifs is 8. The molecule has 0 saturated heterocycles. The number of para-hydroxylation sites is 2. The Hall–Kier alpha value is -5.86. The molecule has 0 bridgehead atoms. The molecule has 10 rings (SSSR count). The molecule has 5 aliphatic rings. The van der Waals surface area contributed by atoms with Crippen LogP contribution in [0.1, 0.15) is 49.3 Å². The molecule has 0 aromatic heterocycles. The minimum absolute atomic E-state index is 0.150. The second-order valence-corrected chi connectivity index (χ2v) is 15.3. The van der Waals surface area contributed by atoms with Crippen molar-refractivity contribution in [3.63, 3.8) is 0 Å². The highest BCUT2D eigenvalue weighted by Gasteiger charge is 2.55. The summed E-state index contributed by atoms with van der Waals surface area (Å²) in [6.07, 6.45) is 18.9. The van der Waals surface area contributed by atoms with Crippen LogP contribution < -0.4 is 9.80 Å². The van der Waals surface area contributed by atoms with E-state index >= 15 is 0 Å². The zero-order valence-corrected chi connectivity index (χ0v) is 30.5. The van der Waals surface area contributed by atoms with E-state index in [1.54, 1.807) is 0 Å². The van der Waals surface area contributed by atoms with Crippen molar-refractivity contribution in [3.8, 4) is 11.1 Å². The number of allylic oxidation sites excluding steroid dienone is 7.